The molecule has 0 saturated carbocycles. The number of hydrogen-bond donors (Lipinski definition) is 1. The molecule has 24 heavy (non-hydrogen) atoms. The van der Waals surface area contributed by atoms with Gasteiger partial charge in [0.1, 0.15) is 22.2 Å². The Morgan fingerprint density at radius 2 is 1.88 bits per heavy atom. The van der Waals surface area contributed by atoms with Crippen LogP contribution in [0.4, 0.5) is 0 Å². The summed E-state index contributed by atoms with van der Waals surface area (Å²) < 4.78 is 0. The Balaban J connectivity index is 1.86. The van der Waals surface area contributed by atoms with Crippen molar-refractivity contribution in [3.63, 3.8) is 0 Å². The Morgan fingerprint density at radius 3 is 2.54 bits per heavy atom. The number of aromatic nitrogens is 4. The van der Waals surface area contributed by atoms with Gasteiger partial charge in [0.2, 0.25) is 0 Å². The molecule has 4 aromatic rings. The molecule has 114 valence electrons. The Labute approximate surface area is 142 Å². The Hall–Kier alpha value is -3.30. The number of rotatable bonds is 3. The van der Waals surface area contributed by atoms with Gasteiger partial charge in [0.15, 0.2) is 0 Å². The highest BCUT2D eigenvalue weighted by Gasteiger charge is 2.17. The minimum Gasteiger partial charge on any atom is -0.335 e. The third-order valence-electron chi connectivity index (χ3n) is 3.54. The van der Waals surface area contributed by atoms with E-state index in [-0.39, 0.29) is 0 Å². The maximum absolute atomic E-state index is 8.93. The molecule has 3 aromatic heterocycles. The molecule has 0 atom stereocenters. The van der Waals surface area contributed by atoms with Crippen LogP contribution in [0.5, 0.6) is 0 Å². The van der Waals surface area contributed by atoms with Gasteiger partial charge < -0.3 is 4.98 Å². The molecule has 6 heteroatoms. The van der Waals surface area contributed by atoms with E-state index >= 15 is 0 Å². The first-order valence-corrected chi connectivity index (χ1v) is 8.15. The quantitative estimate of drug-likeness (QED) is 0.613. The number of aromatic amines is 1. The van der Waals surface area contributed by atoms with Crippen LogP contribution < -0.4 is 0 Å². The SMILES string of the molecule is N#Cc1ccc(-c2nc(-c3ccccn3)c(-c3nccs3)[nH]2)cc1. The van der Waals surface area contributed by atoms with Gasteiger partial charge in [-0.05, 0) is 36.4 Å². The molecule has 0 spiro atoms. The van der Waals surface area contributed by atoms with Gasteiger partial charge in [-0.1, -0.05) is 6.07 Å². The monoisotopic (exact) mass is 329 g/mol. The van der Waals surface area contributed by atoms with E-state index in [0.29, 0.717) is 5.56 Å². The summed E-state index contributed by atoms with van der Waals surface area (Å²) in [7, 11) is 0. The molecule has 0 aliphatic heterocycles. The summed E-state index contributed by atoms with van der Waals surface area (Å²) in [6.07, 6.45) is 3.52. The summed E-state index contributed by atoms with van der Waals surface area (Å²) in [6, 6.07) is 15.2. The molecule has 0 fully saturated rings. The average molecular weight is 329 g/mol. The minimum atomic E-state index is 0.621. The number of benzene rings is 1. The number of H-pyrrole nitrogens is 1. The van der Waals surface area contributed by atoms with Gasteiger partial charge in [0.05, 0.1) is 17.3 Å². The van der Waals surface area contributed by atoms with E-state index in [1.165, 1.54) is 0 Å². The Bertz CT molecular complexity index is 996. The van der Waals surface area contributed by atoms with Gasteiger partial charge in [-0.3, -0.25) is 4.98 Å². The predicted molar refractivity (Wildman–Crippen MR) is 93.1 cm³/mol. The van der Waals surface area contributed by atoms with Crippen molar-refractivity contribution in [1.29, 1.82) is 5.26 Å². The van der Waals surface area contributed by atoms with Crippen molar-refractivity contribution in [3.05, 3.63) is 65.8 Å². The largest absolute Gasteiger partial charge is 0.335 e. The van der Waals surface area contributed by atoms with Crippen LogP contribution in [0.25, 0.3) is 33.5 Å². The van der Waals surface area contributed by atoms with E-state index in [1.54, 1.807) is 35.9 Å². The standard InChI is InChI=1S/C18H11N5S/c19-11-12-4-6-13(7-5-12)17-22-15(14-3-1-2-8-20-14)16(23-17)18-21-9-10-24-18/h1-10H,(H,22,23). The highest BCUT2D eigenvalue weighted by Crippen LogP contribution is 2.32. The van der Waals surface area contributed by atoms with E-state index in [1.807, 2.05) is 35.7 Å². The maximum atomic E-state index is 8.93. The summed E-state index contributed by atoms with van der Waals surface area (Å²) in [5.74, 6) is 0.727. The Morgan fingerprint density at radius 1 is 1.00 bits per heavy atom. The van der Waals surface area contributed by atoms with Crippen molar-refractivity contribution in [3.8, 4) is 39.5 Å². The summed E-state index contributed by atoms with van der Waals surface area (Å²) in [4.78, 5) is 16.9. The number of pyridine rings is 1. The van der Waals surface area contributed by atoms with E-state index in [9.17, 15) is 0 Å². The summed E-state index contributed by atoms with van der Waals surface area (Å²) >= 11 is 1.55. The predicted octanol–water partition coefficient (Wildman–Crippen LogP) is 4.13. The lowest BCUT2D eigenvalue weighted by Crippen LogP contribution is -1.85. The van der Waals surface area contributed by atoms with Crippen LogP contribution in [0.2, 0.25) is 0 Å². The topological polar surface area (TPSA) is 78.2 Å². The lowest BCUT2D eigenvalue weighted by Gasteiger charge is -1.98. The van der Waals surface area contributed by atoms with E-state index in [2.05, 4.69) is 21.0 Å². The highest BCUT2D eigenvalue weighted by atomic mass is 32.1. The second-order valence-corrected chi connectivity index (χ2v) is 5.94. The number of nitrogens with zero attached hydrogens (tertiary/aromatic N) is 4. The molecule has 0 bridgehead atoms. The van der Waals surface area contributed by atoms with Crippen LogP contribution in [0.1, 0.15) is 5.56 Å². The maximum Gasteiger partial charge on any atom is 0.141 e. The summed E-state index contributed by atoms with van der Waals surface area (Å²) in [6.45, 7) is 0. The van der Waals surface area contributed by atoms with Crippen LogP contribution in [0.15, 0.2) is 60.2 Å². The molecular formula is C18H11N5S. The summed E-state index contributed by atoms with van der Waals surface area (Å²) in [5, 5.41) is 11.7. The second-order valence-electron chi connectivity index (χ2n) is 5.05. The van der Waals surface area contributed by atoms with Crippen molar-refractivity contribution < 1.29 is 0 Å². The van der Waals surface area contributed by atoms with Crippen molar-refractivity contribution in [1.82, 2.24) is 19.9 Å². The molecule has 3 heterocycles. The van der Waals surface area contributed by atoms with E-state index in [0.717, 1.165) is 33.5 Å². The first-order valence-electron chi connectivity index (χ1n) is 7.27. The molecule has 0 amide bonds. The zero-order chi connectivity index (χ0) is 16.4. The van der Waals surface area contributed by atoms with Gasteiger partial charge >= 0.3 is 0 Å². The van der Waals surface area contributed by atoms with Crippen LogP contribution in [-0.2, 0) is 0 Å². The molecule has 1 aromatic carbocycles. The van der Waals surface area contributed by atoms with Crippen LogP contribution >= 0.6 is 11.3 Å². The van der Waals surface area contributed by atoms with Gasteiger partial charge in [0.25, 0.3) is 0 Å². The smallest absolute Gasteiger partial charge is 0.141 e. The number of hydrogen-bond acceptors (Lipinski definition) is 5. The normalized spacial score (nSPS) is 10.5. The van der Waals surface area contributed by atoms with Crippen LogP contribution in [0, 0.1) is 11.3 Å². The first-order chi connectivity index (χ1) is 11.8. The van der Waals surface area contributed by atoms with Gasteiger partial charge in [0, 0.05) is 23.3 Å². The number of thiazole rings is 1. The van der Waals surface area contributed by atoms with Crippen LogP contribution in [0.3, 0.4) is 0 Å². The van der Waals surface area contributed by atoms with Crippen LogP contribution in [-0.4, -0.2) is 19.9 Å². The minimum absolute atomic E-state index is 0.621. The zero-order valence-electron chi connectivity index (χ0n) is 12.5. The molecule has 0 aliphatic rings. The second kappa shape index (κ2) is 6.07. The molecule has 0 unspecified atom stereocenters. The number of nitrogens with one attached hydrogen (secondary N) is 1. The fourth-order valence-corrected chi connectivity index (χ4v) is 3.04. The third-order valence-corrected chi connectivity index (χ3v) is 4.34. The lowest BCUT2D eigenvalue weighted by molar-refractivity contribution is 1.27. The molecule has 5 nitrogen and oxygen atoms in total. The van der Waals surface area contributed by atoms with Crippen molar-refractivity contribution in [2.24, 2.45) is 0 Å². The average Bonchev–Trinajstić information content (AvgIpc) is 3.32. The summed E-state index contributed by atoms with van der Waals surface area (Å²) in [5.41, 5.74) is 3.94. The van der Waals surface area contributed by atoms with E-state index < -0.39 is 0 Å². The van der Waals surface area contributed by atoms with Gasteiger partial charge in [-0.25, -0.2) is 9.97 Å². The van der Waals surface area contributed by atoms with Crippen molar-refractivity contribution in [2.45, 2.75) is 0 Å². The molecule has 0 aliphatic carbocycles. The lowest BCUT2D eigenvalue weighted by atomic mass is 10.1. The van der Waals surface area contributed by atoms with Crippen molar-refractivity contribution in [2.75, 3.05) is 0 Å². The highest BCUT2D eigenvalue weighted by molar-refractivity contribution is 7.13. The van der Waals surface area contributed by atoms with Gasteiger partial charge in [-0.2, -0.15) is 5.26 Å². The van der Waals surface area contributed by atoms with Gasteiger partial charge in [-0.15, -0.1) is 11.3 Å². The molecule has 0 saturated heterocycles. The first kappa shape index (κ1) is 14.3. The fraction of sp³-hybridized carbons (Fsp3) is 0. The fourth-order valence-electron chi connectivity index (χ4n) is 2.40. The molecule has 0 radical (unpaired) electrons. The van der Waals surface area contributed by atoms with E-state index in [4.69, 9.17) is 10.2 Å². The molecular weight excluding hydrogens is 318 g/mol. The molecule has 1 N–H and O–H groups in total. The molecule has 4 rings (SSSR count). The van der Waals surface area contributed by atoms with Crippen molar-refractivity contribution >= 4 is 11.3 Å². The Kier molecular flexibility index (Phi) is 3.61. The number of imidazole rings is 1. The third kappa shape index (κ3) is 2.57. The number of nitriles is 1. The zero-order valence-corrected chi connectivity index (χ0v) is 13.3.